The molecular formula is C22H23N3O2. The Hall–Kier alpha value is -2.95. The van der Waals surface area contributed by atoms with Crippen LogP contribution in [-0.2, 0) is 11.3 Å². The number of likely N-dealkylation sites (tertiary alicyclic amines) is 1. The summed E-state index contributed by atoms with van der Waals surface area (Å²) < 4.78 is 1.53. The number of hydrogen-bond donors (Lipinski definition) is 0. The van der Waals surface area contributed by atoms with Crippen LogP contribution in [0.4, 0.5) is 0 Å². The second kappa shape index (κ2) is 7.74. The summed E-state index contributed by atoms with van der Waals surface area (Å²) in [7, 11) is 0. The van der Waals surface area contributed by atoms with Crippen molar-refractivity contribution in [2.24, 2.45) is 0 Å². The molecule has 5 nitrogen and oxygen atoms in total. The van der Waals surface area contributed by atoms with Crippen molar-refractivity contribution in [2.45, 2.75) is 32.2 Å². The van der Waals surface area contributed by atoms with Gasteiger partial charge < -0.3 is 4.90 Å². The van der Waals surface area contributed by atoms with Crippen molar-refractivity contribution in [3.8, 4) is 11.4 Å². The normalized spacial score (nSPS) is 14.9. The van der Waals surface area contributed by atoms with E-state index in [4.69, 9.17) is 4.98 Å². The van der Waals surface area contributed by atoms with Gasteiger partial charge in [-0.15, -0.1) is 0 Å². The van der Waals surface area contributed by atoms with E-state index in [2.05, 4.69) is 0 Å². The van der Waals surface area contributed by atoms with Gasteiger partial charge in [0.15, 0.2) is 0 Å². The molecule has 3 aromatic rings. The Morgan fingerprint density at radius 3 is 2.30 bits per heavy atom. The Morgan fingerprint density at radius 2 is 1.56 bits per heavy atom. The Morgan fingerprint density at radius 1 is 0.889 bits per heavy atom. The first-order chi connectivity index (χ1) is 13.2. The molecule has 5 heteroatoms. The lowest BCUT2D eigenvalue weighted by Crippen LogP contribution is -2.37. The molecule has 1 aliphatic rings. The molecule has 0 atom stereocenters. The maximum absolute atomic E-state index is 13.2. The zero-order valence-electron chi connectivity index (χ0n) is 15.3. The van der Waals surface area contributed by atoms with Gasteiger partial charge in [0.1, 0.15) is 12.4 Å². The highest BCUT2D eigenvalue weighted by molar-refractivity contribution is 5.81. The number of hydrogen-bond acceptors (Lipinski definition) is 3. The summed E-state index contributed by atoms with van der Waals surface area (Å²) in [4.78, 5) is 32.7. The number of para-hydroxylation sites is 1. The number of carbonyl (C=O) groups is 1. The van der Waals surface area contributed by atoms with Crippen molar-refractivity contribution in [1.82, 2.24) is 14.5 Å². The average Bonchev–Trinajstić information content (AvgIpc) is 3.00. The summed E-state index contributed by atoms with van der Waals surface area (Å²) in [5.41, 5.74) is 1.33. The molecule has 1 aromatic heterocycles. The second-order valence-corrected chi connectivity index (χ2v) is 7.00. The molecule has 1 fully saturated rings. The monoisotopic (exact) mass is 361 g/mol. The van der Waals surface area contributed by atoms with E-state index in [-0.39, 0.29) is 18.0 Å². The van der Waals surface area contributed by atoms with Gasteiger partial charge in [-0.25, -0.2) is 4.98 Å². The topological polar surface area (TPSA) is 55.2 Å². The van der Waals surface area contributed by atoms with Crippen LogP contribution < -0.4 is 5.56 Å². The van der Waals surface area contributed by atoms with Gasteiger partial charge >= 0.3 is 0 Å². The van der Waals surface area contributed by atoms with Gasteiger partial charge in [0, 0.05) is 18.7 Å². The summed E-state index contributed by atoms with van der Waals surface area (Å²) in [6, 6.07) is 16.9. The van der Waals surface area contributed by atoms with Crippen LogP contribution in [0.2, 0.25) is 0 Å². The average molecular weight is 361 g/mol. The summed E-state index contributed by atoms with van der Waals surface area (Å²) in [6.07, 6.45) is 4.39. The number of aromatic nitrogens is 2. The third-order valence-electron chi connectivity index (χ3n) is 5.15. The van der Waals surface area contributed by atoms with Crippen molar-refractivity contribution in [3.63, 3.8) is 0 Å². The number of carbonyl (C=O) groups excluding carboxylic acids is 1. The predicted molar refractivity (Wildman–Crippen MR) is 106 cm³/mol. The molecule has 1 amide bonds. The maximum Gasteiger partial charge on any atom is 0.262 e. The lowest BCUT2D eigenvalue weighted by Gasteiger charge is -2.22. The van der Waals surface area contributed by atoms with Crippen molar-refractivity contribution < 1.29 is 4.79 Å². The summed E-state index contributed by atoms with van der Waals surface area (Å²) in [6.45, 7) is 1.57. The molecule has 0 bridgehead atoms. The quantitative estimate of drug-likeness (QED) is 0.718. The van der Waals surface area contributed by atoms with Crippen LogP contribution in [0.3, 0.4) is 0 Å². The smallest absolute Gasteiger partial charge is 0.262 e. The molecule has 2 heterocycles. The molecule has 1 aliphatic heterocycles. The van der Waals surface area contributed by atoms with E-state index in [1.165, 1.54) is 4.57 Å². The van der Waals surface area contributed by atoms with Crippen LogP contribution in [0.15, 0.2) is 59.4 Å². The van der Waals surface area contributed by atoms with E-state index in [1.807, 2.05) is 53.4 Å². The predicted octanol–water partition coefficient (Wildman–Crippen LogP) is 3.47. The first kappa shape index (κ1) is 17.5. The Kier molecular flexibility index (Phi) is 5.01. The number of benzene rings is 2. The SMILES string of the molecule is O=C(Cn1c(-c2ccccc2)nc2ccccc2c1=O)N1CCCCCC1. The zero-order valence-corrected chi connectivity index (χ0v) is 15.3. The van der Waals surface area contributed by atoms with Crippen LogP contribution >= 0.6 is 0 Å². The fourth-order valence-electron chi connectivity index (χ4n) is 3.68. The Bertz CT molecular complexity index is 1000. The standard InChI is InChI=1S/C22H23N3O2/c26-20(24-14-8-1-2-9-15-24)16-25-21(17-10-4-3-5-11-17)23-19-13-7-6-12-18(19)22(25)27/h3-7,10-13H,1-2,8-9,14-16H2. The fourth-order valence-corrected chi connectivity index (χ4v) is 3.68. The highest BCUT2D eigenvalue weighted by Gasteiger charge is 2.20. The summed E-state index contributed by atoms with van der Waals surface area (Å²) in [5, 5.41) is 0.542. The minimum Gasteiger partial charge on any atom is -0.341 e. The van der Waals surface area contributed by atoms with Gasteiger partial charge in [0.25, 0.3) is 5.56 Å². The summed E-state index contributed by atoms with van der Waals surface area (Å²) >= 11 is 0. The van der Waals surface area contributed by atoms with Crippen molar-refractivity contribution in [1.29, 1.82) is 0 Å². The van der Waals surface area contributed by atoms with Gasteiger partial charge in [-0.2, -0.15) is 0 Å². The van der Waals surface area contributed by atoms with Gasteiger partial charge in [0.05, 0.1) is 10.9 Å². The molecule has 1 saturated heterocycles. The van der Waals surface area contributed by atoms with Crippen molar-refractivity contribution in [2.75, 3.05) is 13.1 Å². The van der Waals surface area contributed by atoms with E-state index in [0.717, 1.165) is 44.3 Å². The lowest BCUT2D eigenvalue weighted by atomic mass is 10.1. The first-order valence-corrected chi connectivity index (χ1v) is 9.57. The number of nitrogens with zero attached hydrogens (tertiary/aromatic N) is 3. The highest BCUT2D eigenvalue weighted by Crippen LogP contribution is 2.19. The lowest BCUT2D eigenvalue weighted by molar-refractivity contribution is -0.131. The molecule has 0 saturated carbocycles. The van der Waals surface area contributed by atoms with Crippen molar-refractivity contribution in [3.05, 3.63) is 65.0 Å². The van der Waals surface area contributed by atoms with Crippen molar-refractivity contribution >= 4 is 16.8 Å². The van der Waals surface area contributed by atoms with E-state index < -0.39 is 0 Å². The first-order valence-electron chi connectivity index (χ1n) is 9.57. The minimum absolute atomic E-state index is 0.00624. The molecule has 0 radical (unpaired) electrons. The second-order valence-electron chi connectivity index (χ2n) is 7.00. The van der Waals surface area contributed by atoms with Gasteiger partial charge in [-0.1, -0.05) is 55.3 Å². The third kappa shape index (κ3) is 3.63. The van der Waals surface area contributed by atoms with Crippen LogP contribution in [0.5, 0.6) is 0 Å². The molecule has 0 N–H and O–H groups in total. The molecule has 0 unspecified atom stereocenters. The van der Waals surface area contributed by atoms with E-state index in [0.29, 0.717) is 16.7 Å². The van der Waals surface area contributed by atoms with E-state index in [9.17, 15) is 9.59 Å². The zero-order chi connectivity index (χ0) is 18.6. The molecule has 4 rings (SSSR count). The van der Waals surface area contributed by atoms with Crippen LogP contribution in [-0.4, -0.2) is 33.4 Å². The molecule has 0 aliphatic carbocycles. The third-order valence-corrected chi connectivity index (χ3v) is 5.15. The largest absolute Gasteiger partial charge is 0.341 e. The van der Waals surface area contributed by atoms with Gasteiger partial charge in [0.2, 0.25) is 5.91 Å². The molecule has 138 valence electrons. The fraction of sp³-hybridized carbons (Fsp3) is 0.318. The van der Waals surface area contributed by atoms with Crippen LogP contribution in [0.25, 0.3) is 22.3 Å². The Labute approximate surface area is 158 Å². The number of amides is 1. The van der Waals surface area contributed by atoms with Crippen LogP contribution in [0, 0.1) is 0 Å². The molecule has 2 aromatic carbocycles. The number of fused-ring (bicyclic) bond motifs is 1. The van der Waals surface area contributed by atoms with Crippen LogP contribution in [0.1, 0.15) is 25.7 Å². The number of rotatable bonds is 3. The van der Waals surface area contributed by atoms with E-state index >= 15 is 0 Å². The molecular weight excluding hydrogens is 338 g/mol. The molecule has 27 heavy (non-hydrogen) atoms. The summed E-state index contributed by atoms with van der Waals surface area (Å²) in [5.74, 6) is 0.538. The van der Waals surface area contributed by atoms with E-state index in [1.54, 1.807) is 6.07 Å². The Balaban J connectivity index is 1.79. The van der Waals surface area contributed by atoms with Gasteiger partial charge in [-0.3, -0.25) is 14.2 Å². The van der Waals surface area contributed by atoms with Gasteiger partial charge in [-0.05, 0) is 25.0 Å². The minimum atomic E-state index is -0.164. The molecule has 0 spiro atoms. The maximum atomic E-state index is 13.2. The highest BCUT2D eigenvalue weighted by atomic mass is 16.2.